The molecule has 1 aromatic carbocycles. The van der Waals surface area contributed by atoms with Crippen LogP contribution in [0.1, 0.15) is 5.56 Å². The predicted molar refractivity (Wildman–Crippen MR) is 50.7 cm³/mol. The fraction of sp³-hybridized carbons (Fsp3) is 0.400. The van der Waals surface area contributed by atoms with E-state index in [9.17, 15) is 17.6 Å². The molecule has 0 atom stereocenters. The molecule has 2 nitrogen and oxygen atoms in total. The second-order valence-electron chi connectivity index (χ2n) is 3.17. The minimum Gasteiger partial charge on any atom is -0.496 e. The smallest absolute Gasteiger partial charge is 0.401 e. The van der Waals surface area contributed by atoms with Crippen LogP contribution in [-0.4, -0.2) is 19.8 Å². The van der Waals surface area contributed by atoms with Gasteiger partial charge in [0.25, 0.3) is 0 Å². The van der Waals surface area contributed by atoms with Gasteiger partial charge in [-0.05, 0) is 18.2 Å². The number of alkyl halides is 3. The zero-order chi connectivity index (χ0) is 12.2. The van der Waals surface area contributed by atoms with Crippen LogP contribution in [0.15, 0.2) is 18.2 Å². The summed E-state index contributed by atoms with van der Waals surface area (Å²) in [5.41, 5.74) is 0.353. The fourth-order valence-corrected chi connectivity index (χ4v) is 1.22. The molecule has 0 heterocycles. The first kappa shape index (κ1) is 12.8. The van der Waals surface area contributed by atoms with Gasteiger partial charge in [-0.25, -0.2) is 4.39 Å². The highest BCUT2D eigenvalue weighted by Crippen LogP contribution is 2.19. The van der Waals surface area contributed by atoms with E-state index >= 15 is 0 Å². The van der Waals surface area contributed by atoms with E-state index in [1.165, 1.54) is 19.2 Å². The molecule has 1 rings (SSSR count). The standard InChI is InChI=1S/C10H11F4NO/c1-16-9-3-2-8(11)4-7(9)5-15-6-10(12,13)14/h2-4,15H,5-6H2,1H3. The van der Waals surface area contributed by atoms with E-state index in [1.807, 2.05) is 0 Å². The number of hydrogen-bond acceptors (Lipinski definition) is 2. The Bertz CT molecular complexity index is 351. The molecule has 0 aliphatic carbocycles. The van der Waals surface area contributed by atoms with Gasteiger partial charge in [0, 0.05) is 12.1 Å². The molecule has 0 spiro atoms. The summed E-state index contributed by atoms with van der Waals surface area (Å²) in [5.74, 6) is -0.152. The molecule has 0 bridgehead atoms. The average Bonchev–Trinajstić information content (AvgIpc) is 2.16. The molecular weight excluding hydrogens is 226 g/mol. The van der Waals surface area contributed by atoms with Gasteiger partial charge in [-0.1, -0.05) is 0 Å². The molecule has 1 aromatic rings. The zero-order valence-electron chi connectivity index (χ0n) is 8.57. The molecule has 90 valence electrons. The van der Waals surface area contributed by atoms with Crippen molar-refractivity contribution in [1.29, 1.82) is 0 Å². The lowest BCUT2D eigenvalue weighted by molar-refractivity contribution is -0.125. The van der Waals surface area contributed by atoms with Crippen molar-refractivity contribution in [2.75, 3.05) is 13.7 Å². The molecule has 0 aliphatic rings. The Labute approximate surface area is 90.2 Å². The van der Waals surface area contributed by atoms with Crippen LogP contribution < -0.4 is 10.1 Å². The lowest BCUT2D eigenvalue weighted by Crippen LogP contribution is -2.28. The highest BCUT2D eigenvalue weighted by Gasteiger charge is 2.26. The summed E-state index contributed by atoms with van der Waals surface area (Å²) in [6.07, 6.45) is -4.28. The zero-order valence-corrected chi connectivity index (χ0v) is 8.57. The van der Waals surface area contributed by atoms with Crippen molar-refractivity contribution in [2.45, 2.75) is 12.7 Å². The van der Waals surface area contributed by atoms with Crippen molar-refractivity contribution in [3.8, 4) is 5.75 Å². The molecule has 0 aliphatic heterocycles. The maximum atomic E-state index is 12.8. The van der Waals surface area contributed by atoms with Gasteiger partial charge >= 0.3 is 6.18 Å². The second-order valence-corrected chi connectivity index (χ2v) is 3.17. The molecule has 0 amide bonds. The third-order valence-electron chi connectivity index (χ3n) is 1.88. The molecular formula is C10H11F4NO. The van der Waals surface area contributed by atoms with Crippen LogP contribution in [-0.2, 0) is 6.54 Å². The van der Waals surface area contributed by atoms with Crippen molar-refractivity contribution in [3.63, 3.8) is 0 Å². The molecule has 16 heavy (non-hydrogen) atoms. The van der Waals surface area contributed by atoms with Crippen LogP contribution in [0.3, 0.4) is 0 Å². The Hall–Kier alpha value is -1.30. The van der Waals surface area contributed by atoms with Crippen molar-refractivity contribution in [1.82, 2.24) is 5.32 Å². The molecule has 0 aromatic heterocycles. The normalized spacial score (nSPS) is 11.6. The molecule has 0 saturated heterocycles. The first-order chi connectivity index (χ1) is 7.42. The molecule has 0 radical (unpaired) electrons. The number of nitrogens with one attached hydrogen (secondary N) is 1. The summed E-state index contributed by atoms with van der Waals surface area (Å²) < 4.78 is 53.3. The largest absolute Gasteiger partial charge is 0.496 e. The Kier molecular flexibility index (Phi) is 4.12. The summed E-state index contributed by atoms with van der Waals surface area (Å²) in [4.78, 5) is 0. The molecule has 0 unspecified atom stereocenters. The second kappa shape index (κ2) is 5.16. The quantitative estimate of drug-likeness (QED) is 0.812. The van der Waals surface area contributed by atoms with E-state index in [-0.39, 0.29) is 6.54 Å². The summed E-state index contributed by atoms with van der Waals surface area (Å²) in [6.45, 7) is -1.22. The van der Waals surface area contributed by atoms with Crippen LogP contribution in [0.5, 0.6) is 5.75 Å². The number of hydrogen-bond donors (Lipinski definition) is 1. The maximum Gasteiger partial charge on any atom is 0.401 e. The van der Waals surface area contributed by atoms with Crippen LogP contribution in [0, 0.1) is 5.82 Å². The van der Waals surface area contributed by atoms with Crippen molar-refractivity contribution in [2.24, 2.45) is 0 Å². The van der Waals surface area contributed by atoms with Gasteiger partial charge in [-0.15, -0.1) is 0 Å². The van der Waals surface area contributed by atoms with Crippen LogP contribution >= 0.6 is 0 Å². The van der Waals surface area contributed by atoms with E-state index in [1.54, 1.807) is 0 Å². The van der Waals surface area contributed by atoms with Crippen LogP contribution in [0.25, 0.3) is 0 Å². The minimum atomic E-state index is -4.28. The average molecular weight is 237 g/mol. The highest BCUT2D eigenvalue weighted by molar-refractivity contribution is 5.33. The number of methoxy groups -OCH3 is 1. The maximum absolute atomic E-state index is 12.8. The summed E-state index contributed by atoms with van der Waals surface area (Å²) in [5, 5.41) is 2.17. The summed E-state index contributed by atoms with van der Waals surface area (Å²) in [6, 6.07) is 3.70. The Morgan fingerprint density at radius 1 is 1.31 bits per heavy atom. The first-order valence-corrected chi connectivity index (χ1v) is 4.52. The van der Waals surface area contributed by atoms with E-state index in [4.69, 9.17) is 4.74 Å². The van der Waals surface area contributed by atoms with Gasteiger partial charge < -0.3 is 10.1 Å². The first-order valence-electron chi connectivity index (χ1n) is 4.52. The Morgan fingerprint density at radius 2 is 2.00 bits per heavy atom. The minimum absolute atomic E-state index is 0.0968. The van der Waals surface area contributed by atoms with Gasteiger partial charge in [0.05, 0.1) is 13.7 Å². The lowest BCUT2D eigenvalue weighted by Gasteiger charge is -2.11. The topological polar surface area (TPSA) is 21.3 Å². The van der Waals surface area contributed by atoms with Crippen LogP contribution in [0.4, 0.5) is 17.6 Å². The van der Waals surface area contributed by atoms with Gasteiger partial charge in [-0.3, -0.25) is 0 Å². The number of halogens is 4. The lowest BCUT2D eigenvalue weighted by atomic mass is 10.2. The van der Waals surface area contributed by atoms with E-state index in [0.29, 0.717) is 11.3 Å². The van der Waals surface area contributed by atoms with Gasteiger partial charge in [0.1, 0.15) is 11.6 Å². The SMILES string of the molecule is COc1ccc(F)cc1CNCC(F)(F)F. The van der Waals surface area contributed by atoms with Crippen molar-refractivity contribution < 1.29 is 22.3 Å². The summed E-state index contributed by atoms with van der Waals surface area (Å²) >= 11 is 0. The monoisotopic (exact) mass is 237 g/mol. The number of benzene rings is 1. The Morgan fingerprint density at radius 3 is 2.56 bits per heavy atom. The summed E-state index contributed by atoms with van der Waals surface area (Å²) in [7, 11) is 1.38. The van der Waals surface area contributed by atoms with Gasteiger partial charge in [0.2, 0.25) is 0 Å². The van der Waals surface area contributed by atoms with E-state index in [2.05, 4.69) is 5.32 Å². The third kappa shape index (κ3) is 4.06. The number of ether oxygens (including phenoxy) is 1. The van der Waals surface area contributed by atoms with E-state index < -0.39 is 18.5 Å². The van der Waals surface area contributed by atoms with Gasteiger partial charge in [-0.2, -0.15) is 13.2 Å². The van der Waals surface area contributed by atoms with E-state index in [0.717, 1.165) is 6.07 Å². The number of rotatable bonds is 4. The van der Waals surface area contributed by atoms with Crippen molar-refractivity contribution in [3.05, 3.63) is 29.6 Å². The van der Waals surface area contributed by atoms with Crippen molar-refractivity contribution >= 4 is 0 Å². The molecule has 1 N–H and O–H groups in total. The molecule has 6 heteroatoms. The fourth-order valence-electron chi connectivity index (χ4n) is 1.22. The van der Waals surface area contributed by atoms with Crippen LogP contribution in [0.2, 0.25) is 0 Å². The predicted octanol–water partition coefficient (Wildman–Crippen LogP) is 2.49. The Balaban J connectivity index is 2.62. The highest BCUT2D eigenvalue weighted by atomic mass is 19.4. The van der Waals surface area contributed by atoms with Gasteiger partial charge in [0.15, 0.2) is 0 Å². The molecule has 0 saturated carbocycles. The third-order valence-corrected chi connectivity index (χ3v) is 1.88. The molecule has 0 fully saturated rings.